The van der Waals surface area contributed by atoms with Crippen LogP contribution in [-0.2, 0) is 15.2 Å². The van der Waals surface area contributed by atoms with Crippen molar-refractivity contribution in [2.75, 3.05) is 46.5 Å². The van der Waals surface area contributed by atoms with Gasteiger partial charge in [-0.15, -0.1) is 11.8 Å². The number of rotatable bonds is 16. The second-order valence-electron chi connectivity index (χ2n) is 13.4. The van der Waals surface area contributed by atoms with Crippen molar-refractivity contribution in [3.05, 3.63) is 149 Å². The number of carbonyl (C=O) groups is 2. The number of nitrogens with one attached hydrogen (secondary N) is 5. The first kappa shape index (κ1) is 38.7. The van der Waals surface area contributed by atoms with E-state index in [0.717, 1.165) is 11.3 Å². The van der Waals surface area contributed by atoms with Gasteiger partial charge < -0.3 is 35.5 Å². The molecule has 5 aromatic rings. The van der Waals surface area contributed by atoms with E-state index in [1.165, 1.54) is 44.5 Å². The number of fused-ring (bicyclic) bond motifs is 6. The van der Waals surface area contributed by atoms with Crippen LogP contribution >= 0.6 is 24.0 Å². The van der Waals surface area contributed by atoms with Crippen molar-refractivity contribution in [1.29, 1.82) is 0 Å². The van der Waals surface area contributed by atoms with E-state index in [4.69, 9.17) is 26.4 Å². The number of hydrogen-bond donors (Lipinski definition) is 5. The predicted molar refractivity (Wildman–Crippen MR) is 226 cm³/mol. The van der Waals surface area contributed by atoms with Crippen LogP contribution in [0.3, 0.4) is 0 Å². The lowest BCUT2D eigenvalue weighted by atomic mass is 9.98. The third-order valence-electron chi connectivity index (χ3n) is 9.93. The molecule has 288 valence electrons. The van der Waals surface area contributed by atoms with Gasteiger partial charge in [0.2, 0.25) is 0 Å². The first-order chi connectivity index (χ1) is 27.5. The molecule has 0 bridgehead atoms. The van der Waals surface area contributed by atoms with Gasteiger partial charge in [0, 0.05) is 43.8 Å². The fourth-order valence-electron chi connectivity index (χ4n) is 7.23. The van der Waals surface area contributed by atoms with E-state index >= 15 is 0 Å². The molecule has 0 radical (unpaired) electrons. The van der Waals surface area contributed by atoms with Crippen LogP contribution in [0.4, 0.5) is 9.59 Å². The molecule has 1 atom stereocenters. The molecule has 5 N–H and O–H groups in total. The first-order valence-electron chi connectivity index (χ1n) is 18.7. The number of benzene rings is 5. The summed E-state index contributed by atoms with van der Waals surface area (Å²) in [6.07, 6.45) is -0.948. The smallest absolute Gasteiger partial charge is 0.407 e. The zero-order valence-corrected chi connectivity index (χ0v) is 32.7. The van der Waals surface area contributed by atoms with Crippen LogP contribution < -0.4 is 31.3 Å². The predicted octanol–water partition coefficient (Wildman–Crippen LogP) is 7.34. The normalized spacial score (nSPS) is 13.0. The lowest BCUT2D eigenvalue weighted by molar-refractivity contribution is 0.142. The summed E-state index contributed by atoms with van der Waals surface area (Å²) in [6, 6.07) is 40.9. The molecule has 0 spiro atoms. The number of thiocarbonyl (C=S) groups is 1. The Labute approximate surface area is 337 Å². The summed E-state index contributed by atoms with van der Waals surface area (Å²) in [5.41, 5.74) is 10.3. The lowest BCUT2D eigenvalue weighted by Gasteiger charge is -2.22. The van der Waals surface area contributed by atoms with Gasteiger partial charge in [0.25, 0.3) is 0 Å². The first-order valence-corrected chi connectivity index (χ1v) is 20.1. The van der Waals surface area contributed by atoms with Gasteiger partial charge in [-0.3, -0.25) is 5.32 Å². The standard InChI is InChI=1S/C44H45N5O5S2/c1-52-30-20-18-29(19-21-30)28-56-42(46-23-25-48-44(51)54-27-40-37-16-8-4-12-33(37)34-13-5-9-17-38(34)40)49-41(55)45-22-24-47-43(50)53-26-39-35-14-6-2-10-31(35)32-11-3-7-15-36(32)39/h2-21,39-40,42,46H,22-28H2,1H3,(H,47,50)(H,48,51)(H2,45,49,55). The number of ether oxygens (including phenoxy) is 3. The highest BCUT2D eigenvalue weighted by Gasteiger charge is 2.30. The molecule has 12 heteroatoms. The summed E-state index contributed by atoms with van der Waals surface area (Å²) in [6.45, 7) is 2.04. The maximum absolute atomic E-state index is 12.7. The Morgan fingerprint density at radius 2 is 1.04 bits per heavy atom. The van der Waals surface area contributed by atoms with Crippen LogP contribution in [0.15, 0.2) is 121 Å². The second kappa shape index (κ2) is 18.9. The van der Waals surface area contributed by atoms with Crippen LogP contribution in [0.25, 0.3) is 22.3 Å². The fraction of sp³-hybridized carbons (Fsp3) is 0.250. The third-order valence-corrected chi connectivity index (χ3v) is 11.3. The Hall–Kier alpha value is -5.56. The second-order valence-corrected chi connectivity index (χ2v) is 14.9. The fourth-order valence-corrected chi connectivity index (χ4v) is 8.51. The van der Waals surface area contributed by atoms with E-state index in [1.807, 2.05) is 72.8 Å². The van der Waals surface area contributed by atoms with Crippen LogP contribution in [0.5, 0.6) is 5.75 Å². The molecule has 0 aliphatic heterocycles. The van der Waals surface area contributed by atoms with Gasteiger partial charge >= 0.3 is 12.2 Å². The number of methoxy groups -OCH3 is 1. The van der Waals surface area contributed by atoms with Crippen LogP contribution in [0.1, 0.15) is 39.7 Å². The summed E-state index contributed by atoms with van der Waals surface area (Å²) in [5, 5.41) is 16.0. The summed E-state index contributed by atoms with van der Waals surface area (Å²) in [7, 11) is 1.64. The molecule has 0 saturated carbocycles. The van der Waals surface area contributed by atoms with Gasteiger partial charge in [0.05, 0.1) is 7.11 Å². The lowest BCUT2D eigenvalue weighted by Crippen LogP contribution is -2.50. The number of amides is 2. The Bertz CT molecular complexity index is 2060. The van der Waals surface area contributed by atoms with Crippen molar-refractivity contribution in [3.63, 3.8) is 0 Å². The third kappa shape index (κ3) is 9.44. The molecular formula is C44H45N5O5S2. The Morgan fingerprint density at radius 3 is 1.50 bits per heavy atom. The van der Waals surface area contributed by atoms with Crippen molar-refractivity contribution < 1.29 is 23.8 Å². The summed E-state index contributed by atoms with van der Waals surface area (Å²) >= 11 is 7.23. The van der Waals surface area contributed by atoms with Crippen LogP contribution in [0, 0.1) is 0 Å². The van der Waals surface area contributed by atoms with Gasteiger partial charge in [-0.05, 0) is 74.4 Å². The molecule has 1 unspecified atom stereocenters. The molecule has 7 rings (SSSR count). The van der Waals surface area contributed by atoms with Gasteiger partial charge in [-0.1, -0.05) is 109 Å². The van der Waals surface area contributed by atoms with Crippen molar-refractivity contribution in [3.8, 4) is 28.0 Å². The molecule has 10 nitrogen and oxygen atoms in total. The van der Waals surface area contributed by atoms with Crippen LogP contribution in [0.2, 0.25) is 0 Å². The number of alkyl carbamates (subject to hydrolysis) is 2. The number of carbonyl (C=O) groups excluding carboxylic acids is 2. The Kier molecular flexibility index (Phi) is 13.0. The summed E-state index contributed by atoms with van der Waals surface area (Å²) in [4.78, 5) is 25.4. The van der Waals surface area contributed by atoms with Gasteiger partial charge in [0.15, 0.2) is 5.11 Å². The van der Waals surface area contributed by atoms with E-state index in [1.54, 1.807) is 18.9 Å². The Morgan fingerprint density at radius 1 is 0.607 bits per heavy atom. The molecule has 0 fully saturated rings. The summed E-state index contributed by atoms with van der Waals surface area (Å²) in [5.74, 6) is 1.48. The van der Waals surface area contributed by atoms with E-state index in [0.29, 0.717) is 37.0 Å². The minimum Gasteiger partial charge on any atom is -0.497 e. The maximum Gasteiger partial charge on any atom is 0.407 e. The molecule has 56 heavy (non-hydrogen) atoms. The van der Waals surface area contributed by atoms with Gasteiger partial charge in [-0.2, -0.15) is 0 Å². The van der Waals surface area contributed by atoms with Crippen molar-refractivity contribution in [1.82, 2.24) is 26.6 Å². The van der Waals surface area contributed by atoms with E-state index in [-0.39, 0.29) is 30.5 Å². The zero-order valence-electron chi connectivity index (χ0n) is 31.1. The topological polar surface area (TPSA) is 122 Å². The minimum absolute atomic E-state index is 0.00276. The zero-order chi connectivity index (χ0) is 38.7. The highest BCUT2D eigenvalue weighted by Crippen LogP contribution is 2.45. The van der Waals surface area contributed by atoms with Crippen molar-refractivity contribution in [2.45, 2.75) is 23.1 Å². The number of hydrogen-bond acceptors (Lipinski definition) is 8. The molecule has 0 saturated heterocycles. The highest BCUT2D eigenvalue weighted by atomic mass is 32.2. The molecular weight excluding hydrogens is 743 g/mol. The van der Waals surface area contributed by atoms with E-state index in [9.17, 15) is 9.59 Å². The van der Waals surface area contributed by atoms with E-state index < -0.39 is 12.2 Å². The highest BCUT2D eigenvalue weighted by molar-refractivity contribution is 7.99. The largest absolute Gasteiger partial charge is 0.497 e. The minimum atomic E-state index is -0.481. The van der Waals surface area contributed by atoms with Crippen LogP contribution in [-0.4, -0.2) is 69.3 Å². The molecule has 2 aliphatic carbocycles. The monoisotopic (exact) mass is 787 g/mol. The Balaban J connectivity index is 0.841. The average molecular weight is 788 g/mol. The van der Waals surface area contributed by atoms with Gasteiger partial charge in [-0.25, -0.2) is 9.59 Å². The van der Waals surface area contributed by atoms with E-state index in [2.05, 4.69) is 75.1 Å². The maximum atomic E-state index is 12.7. The molecule has 5 aromatic carbocycles. The van der Waals surface area contributed by atoms with Gasteiger partial charge in [0.1, 0.15) is 24.5 Å². The average Bonchev–Trinajstić information content (AvgIpc) is 3.73. The molecule has 0 aromatic heterocycles. The molecule has 2 aliphatic rings. The number of thioether (sulfide) groups is 1. The molecule has 2 amide bonds. The quantitative estimate of drug-likeness (QED) is 0.0395. The SMILES string of the molecule is COc1ccc(CSC(NCCNC(=O)OCC2c3ccccc3-c3ccccc32)NC(=S)NCCNC(=O)OCC2c3ccccc3-c3ccccc32)cc1. The summed E-state index contributed by atoms with van der Waals surface area (Å²) < 4.78 is 16.6. The van der Waals surface area contributed by atoms with Crippen molar-refractivity contribution >= 4 is 41.3 Å². The van der Waals surface area contributed by atoms with Crippen molar-refractivity contribution in [2.24, 2.45) is 0 Å². The molecule has 0 heterocycles.